The molecule has 17 heavy (non-hydrogen) atoms. The lowest BCUT2D eigenvalue weighted by molar-refractivity contribution is 0.332. The largest absolute Gasteiger partial charge is 0.313 e. The van der Waals surface area contributed by atoms with E-state index in [4.69, 9.17) is 0 Å². The molecule has 1 N–H and O–H groups in total. The summed E-state index contributed by atoms with van der Waals surface area (Å²) >= 11 is 0. The van der Waals surface area contributed by atoms with Crippen molar-refractivity contribution >= 4 is 0 Å². The minimum atomic E-state index is -0.514. The molecule has 0 radical (unpaired) electrons. The van der Waals surface area contributed by atoms with Gasteiger partial charge in [0.15, 0.2) is 0 Å². The summed E-state index contributed by atoms with van der Waals surface area (Å²) in [6.07, 6.45) is 3.13. The standard InChI is InChI=1S/C14H19F2N/c1-14(2,9-17-12-5-6-12)8-10-3-4-11(15)7-13(10)16/h3-4,7,12,17H,5-6,8-9H2,1-2H3. The van der Waals surface area contributed by atoms with Crippen LogP contribution in [0.5, 0.6) is 0 Å². The van der Waals surface area contributed by atoms with Gasteiger partial charge >= 0.3 is 0 Å². The van der Waals surface area contributed by atoms with Gasteiger partial charge in [0.25, 0.3) is 0 Å². The maximum absolute atomic E-state index is 13.5. The van der Waals surface area contributed by atoms with E-state index in [0.717, 1.165) is 12.6 Å². The second kappa shape index (κ2) is 4.73. The molecule has 0 spiro atoms. The van der Waals surface area contributed by atoms with E-state index in [1.54, 1.807) is 6.07 Å². The van der Waals surface area contributed by atoms with Gasteiger partial charge in [-0.2, -0.15) is 0 Å². The summed E-state index contributed by atoms with van der Waals surface area (Å²) in [4.78, 5) is 0. The Morgan fingerprint density at radius 3 is 2.59 bits per heavy atom. The van der Waals surface area contributed by atoms with Gasteiger partial charge in [-0.15, -0.1) is 0 Å². The molecule has 1 aromatic rings. The third-order valence-electron chi connectivity index (χ3n) is 3.13. The second-order valence-electron chi connectivity index (χ2n) is 5.73. The van der Waals surface area contributed by atoms with Crippen molar-refractivity contribution in [2.45, 2.75) is 39.2 Å². The summed E-state index contributed by atoms with van der Waals surface area (Å²) < 4.78 is 26.3. The molecule has 94 valence electrons. The molecule has 0 atom stereocenters. The third-order valence-corrected chi connectivity index (χ3v) is 3.13. The SMILES string of the molecule is CC(C)(CNC1CC1)Cc1ccc(F)cc1F. The molecule has 1 saturated carbocycles. The summed E-state index contributed by atoms with van der Waals surface area (Å²) in [6.45, 7) is 5.07. The first-order valence-corrected chi connectivity index (χ1v) is 6.14. The molecule has 0 amide bonds. The summed E-state index contributed by atoms with van der Waals surface area (Å²) in [5.41, 5.74) is 0.579. The first-order chi connectivity index (χ1) is 7.96. The van der Waals surface area contributed by atoms with Crippen LogP contribution >= 0.6 is 0 Å². The summed E-state index contributed by atoms with van der Waals surface area (Å²) in [5, 5.41) is 3.45. The van der Waals surface area contributed by atoms with E-state index in [2.05, 4.69) is 19.2 Å². The van der Waals surface area contributed by atoms with E-state index >= 15 is 0 Å². The monoisotopic (exact) mass is 239 g/mol. The number of nitrogens with one attached hydrogen (secondary N) is 1. The van der Waals surface area contributed by atoms with Crippen molar-refractivity contribution in [3.05, 3.63) is 35.4 Å². The van der Waals surface area contributed by atoms with Crippen molar-refractivity contribution < 1.29 is 8.78 Å². The minimum absolute atomic E-state index is 0.0126. The zero-order valence-corrected chi connectivity index (χ0v) is 10.4. The highest BCUT2D eigenvalue weighted by Gasteiger charge is 2.26. The van der Waals surface area contributed by atoms with Crippen LogP contribution in [0.25, 0.3) is 0 Å². The van der Waals surface area contributed by atoms with E-state index < -0.39 is 11.6 Å². The molecule has 1 fully saturated rings. The number of rotatable bonds is 5. The Morgan fingerprint density at radius 2 is 2.00 bits per heavy atom. The number of halogens is 2. The highest BCUT2D eigenvalue weighted by molar-refractivity contribution is 5.20. The zero-order chi connectivity index (χ0) is 12.5. The number of hydrogen-bond acceptors (Lipinski definition) is 1. The van der Waals surface area contributed by atoms with Crippen LogP contribution in [0.15, 0.2) is 18.2 Å². The van der Waals surface area contributed by atoms with Gasteiger partial charge in [0.2, 0.25) is 0 Å². The van der Waals surface area contributed by atoms with Crippen LogP contribution in [-0.4, -0.2) is 12.6 Å². The van der Waals surface area contributed by atoms with Crippen molar-refractivity contribution in [3.8, 4) is 0 Å². The van der Waals surface area contributed by atoms with Crippen LogP contribution in [0, 0.1) is 17.0 Å². The lowest BCUT2D eigenvalue weighted by atomic mass is 9.85. The molecule has 0 saturated heterocycles. The van der Waals surface area contributed by atoms with Crippen molar-refractivity contribution in [2.24, 2.45) is 5.41 Å². The van der Waals surface area contributed by atoms with Gasteiger partial charge in [-0.25, -0.2) is 8.78 Å². The van der Waals surface area contributed by atoms with Crippen molar-refractivity contribution in [1.29, 1.82) is 0 Å². The van der Waals surface area contributed by atoms with Gasteiger partial charge in [0, 0.05) is 18.7 Å². The Labute approximate surface area is 101 Å². The fourth-order valence-electron chi connectivity index (χ4n) is 1.95. The Morgan fingerprint density at radius 1 is 1.29 bits per heavy atom. The molecule has 0 unspecified atom stereocenters. The molecule has 1 nitrogen and oxygen atoms in total. The van der Waals surface area contributed by atoms with Gasteiger partial charge in [-0.3, -0.25) is 0 Å². The average Bonchev–Trinajstić information content (AvgIpc) is 3.03. The topological polar surface area (TPSA) is 12.0 Å². The smallest absolute Gasteiger partial charge is 0.129 e. The third kappa shape index (κ3) is 3.77. The highest BCUT2D eigenvalue weighted by Crippen LogP contribution is 2.26. The predicted octanol–water partition coefficient (Wildman–Crippen LogP) is 3.29. The van der Waals surface area contributed by atoms with E-state index in [1.165, 1.54) is 18.9 Å². The lowest BCUT2D eigenvalue weighted by Crippen LogP contribution is -2.32. The highest BCUT2D eigenvalue weighted by atomic mass is 19.1. The lowest BCUT2D eigenvalue weighted by Gasteiger charge is -2.25. The number of benzene rings is 1. The average molecular weight is 239 g/mol. The van der Waals surface area contributed by atoms with Crippen molar-refractivity contribution in [2.75, 3.05) is 6.54 Å². The maximum atomic E-state index is 13.5. The van der Waals surface area contributed by atoms with Crippen molar-refractivity contribution in [1.82, 2.24) is 5.32 Å². The fraction of sp³-hybridized carbons (Fsp3) is 0.571. The first-order valence-electron chi connectivity index (χ1n) is 6.14. The molecule has 2 rings (SSSR count). The van der Waals surface area contributed by atoms with Crippen LogP contribution in [0.1, 0.15) is 32.3 Å². The molecule has 0 aromatic heterocycles. The van der Waals surface area contributed by atoms with E-state index in [9.17, 15) is 8.78 Å². The van der Waals surface area contributed by atoms with Gasteiger partial charge in [0.05, 0.1) is 0 Å². The number of hydrogen-bond donors (Lipinski definition) is 1. The van der Waals surface area contributed by atoms with E-state index in [0.29, 0.717) is 18.0 Å². The quantitative estimate of drug-likeness (QED) is 0.831. The second-order valence-corrected chi connectivity index (χ2v) is 5.73. The fourth-order valence-corrected chi connectivity index (χ4v) is 1.95. The molecule has 1 aliphatic rings. The summed E-state index contributed by atoms with van der Waals surface area (Å²) in [7, 11) is 0. The molecular formula is C14H19F2N. The summed E-state index contributed by atoms with van der Waals surface area (Å²) in [6, 6.07) is 4.49. The van der Waals surface area contributed by atoms with Gasteiger partial charge in [0.1, 0.15) is 11.6 Å². The molecule has 0 aliphatic heterocycles. The van der Waals surface area contributed by atoms with Crippen LogP contribution in [-0.2, 0) is 6.42 Å². The summed E-state index contributed by atoms with van der Waals surface area (Å²) in [5.74, 6) is -0.954. The molecular weight excluding hydrogens is 220 g/mol. The van der Waals surface area contributed by atoms with Gasteiger partial charge < -0.3 is 5.32 Å². The first kappa shape index (κ1) is 12.5. The Kier molecular flexibility index (Phi) is 3.48. The van der Waals surface area contributed by atoms with E-state index in [-0.39, 0.29) is 5.41 Å². The molecule has 3 heteroatoms. The maximum Gasteiger partial charge on any atom is 0.129 e. The van der Waals surface area contributed by atoms with Gasteiger partial charge in [-0.1, -0.05) is 19.9 Å². The van der Waals surface area contributed by atoms with Crippen LogP contribution in [0.3, 0.4) is 0 Å². The Bertz CT molecular complexity index is 397. The van der Waals surface area contributed by atoms with Gasteiger partial charge in [-0.05, 0) is 36.3 Å². The Balaban J connectivity index is 1.97. The molecule has 1 aliphatic carbocycles. The molecule has 1 aromatic carbocycles. The van der Waals surface area contributed by atoms with Crippen molar-refractivity contribution in [3.63, 3.8) is 0 Å². The molecule has 0 bridgehead atoms. The van der Waals surface area contributed by atoms with Crippen LogP contribution in [0.4, 0.5) is 8.78 Å². The van der Waals surface area contributed by atoms with E-state index in [1.807, 2.05) is 0 Å². The van der Waals surface area contributed by atoms with Crippen LogP contribution in [0.2, 0.25) is 0 Å². The molecule has 0 heterocycles. The normalized spacial score (nSPS) is 16.2. The van der Waals surface area contributed by atoms with Crippen LogP contribution < -0.4 is 5.32 Å². The Hall–Kier alpha value is -0.960. The predicted molar refractivity (Wildman–Crippen MR) is 64.9 cm³/mol. The minimum Gasteiger partial charge on any atom is -0.313 e. The zero-order valence-electron chi connectivity index (χ0n) is 10.4.